The van der Waals surface area contributed by atoms with E-state index < -0.39 is 29.7 Å². The van der Waals surface area contributed by atoms with Gasteiger partial charge in [-0.3, -0.25) is 0 Å². The molecule has 7 heteroatoms. The Kier molecular flexibility index (Phi) is 2.37. The monoisotopic (exact) mass is 220 g/mol. The van der Waals surface area contributed by atoms with Crippen LogP contribution in [0.15, 0.2) is 23.8 Å². The van der Waals surface area contributed by atoms with E-state index in [-0.39, 0.29) is 12.2 Å². The molecule has 0 fully saturated rings. The predicted molar refractivity (Wildman–Crippen MR) is 33.2 cm³/mol. The fourth-order valence-corrected chi connectivity index (χ4v) is 0.902. The average Bonchev–Trinajstić information content (AvgIpc) is 2.06. The van der Waals surface area contributed by atoms with Gasteiger partial charge in [-0.25, -0.2) is 17.6 Å². The van der Waals surface area contributed by atoms with Crippen LogP contribution >= 0.6 is 0 Å². The lowest BCUT2D eigenvalue weighted by molar-refractivity contribution is -0.228. The van der Waals surface area contributed by atoms with Gasteiger partial charge in [0, 0.05) is 0 Å². The SMILES string of the molecule is FC1=C(F)C(F)C(F)(C(F)(F)F)C=C1. The van der Waals surface area contributed by atoms with E-state index in [0.29, 0.717) is 0 Å². The van der Waals surface area contributed by atoms with E-state index in [1.165, 1.54) is 0 Å². The highest BCUT2D eigenvalue weighted by atomic mass is 19.4. The molecule has 0 radical (unpaired) electrons. The minimum atomic E-state index is -5.62. The summed E-state index contributed by atoms with van der Waals surface area (Å²) in [5, 5.41) is 0. The Balaban J connectivity index is 3.15. The second-order valence-electron chi connectivity index (χ2n) is 2.66. The van der Waals surface area contributed by atoms with Crippen LogP contribution in [0, 0.1) is 0 Å². The number of allylic oxidation sites excluding steroid dienone is 4. The van der Waals surface area contributed by atoms with Gasteiger partial charge in [0.2, 0.25) is 6.17 Å². The van der Waals surface area contributed by atoms with Gasteiger partial charge in [-0.2, -0.15) is 13.2 Å². The van der Waals surface area contributed by atoms with E-state index in [1.54, 1.807) is 0 Å². The number of hydrogen-bond acceptors (Lipinski definition) is 0. The number of halogens is 7. The zero-order valence-corrected chi connectivity index (χ0v) is 6.38. The van der Waals surface area contributed by atoms with Crippen molar-refractivity contribution in [1.82, 2.24) is 0 Å². The molecule has 0 aromatic heterocycles. The first kappa shape index (κ1) is 11.1. The third kappa shape index (κ3) is 1.40. The second kappa shape index (κ2) is 2.99. The molecule has 0 aliphatic heterocycles. The Morgan fingerprint density at radius 2 is 1.71 bits per heavy atom. The smallest absolute Gasteiger partial charge is 0.235 e. The zero-order valence-electron chi connectivity index (χ0n) is 6.38. The molecular formula is C7H3F7. The Morgan fingerprint density at radius 1 is 1.21 bits per heavy atom. The fourth-order valence-electron chi connectivity index (χ4n) is 0.902. The quantitative estimate of drug-likeness (QED) is 0.549. The Hall–Kier alpha value is -1.01. The van der Waals surface area contributed by atoms with Crippen LogP contribution in [0.1, 0.15) is 0 Å². The summed E-state index contributed by atoms with van der Waals surface area (Å²) in [6.45, 7) is 0. The first-order valence-corrected chi connectivity index (χ1v) is 3.34. The molecule has 1 rings (SSSR count). The van der Waals surface area contributed by atoms with Crippen LogP contribution < -0.4 is 0 Å². The van der Waals surface area contributed by atoms with Crippen molar-refractivity contribution < 1.29 is 30.7 Å². The van der Waals surface area contributed by atoms with Crippen LogP contribution in [-0.4, -0.2) is 18.0 Å². The maximum atomic E-state index is 12.9. The number of alkyl halides is 5. The van der Waals surface area contributed by atoms with Gasteiger partial charge >= 0.3 is 6.18 Å². The molecule has 0 aromatic rings. The van der Waals surface area contributed by atoms with Crippen molar-refractivity contribution in [2.24, 2.45) is 0 Å². The van der Waals surface area contributed by atoms with Crippen molar-refractivity contribution in [3.05, 3.63) is 23.8 Å². The van der Waals surface area contributed by atoms with Crippen LogP contribution in [0.25, 0.3) is 0 Å². The molecule has 0 nitrogen and oxygen atoms in total. The van der Waals surface area contributed by atoms with Gasteiger partial charge in [0.05, 0.1) is 0 Å². The number of hydrogen-bond donors (Lipinski definition) is 0. The summed E-state index contributed by atoms with van der Waals surface area (Å²) in [5.41, 5.74) is -4.49. The van der Waals surface area contributed by atoms with Gasteiger partial charge in [0.25, 0.3) is 5.67 Å². The van der Waals surface area contributed by atoms with Gasteiger partial charge in [-0.15, -0.1) is 0 Å². The van der Waals surface area contributed by atoms with Gasteiger partial charge in [0.1, 0.15) is 0 Å². The number of rotatable bonds is 0. The maximum absolute atomic E-state index is 12.9. The fraction of sp³-hybridized carbons (Fsp3) is 0.429. The van der Waals surface area contributed by atoms with Crippen LogP contribution in [-0.2, 0) is 0 Å². The molecule has 2 unspecified atom stereocenters. The lowest BCUT2D eigenvalue weighted by Crippen LogP contribution is -2.48. The van der Waals surface area contributed by atoms with Gasteiger partial charge in [-0.1, -0.05) is 0 Å². The highest BCUT2D eigenvalue weighted by Gasteiger charge is 2.63. The first-order valence-electron chi connectivity index (χ1n) is 3.34. The summed E-state index contributed by atoms with van der Waals surface area (Å²) in [6.07, 6.45) is -9.77. The molecule has 0 heterocycles. The van der Waals surface area contributed by atoms with Crippen molar-refractivity contribution in [2.45, 2.75) is 18.0 Å². The highest BCUT2D eigenvalue weighted by Crippen LogP contribution is 2.45. The lowest BCUT2D eigenvalue weighted by atomic mass is 9.93. The van der Waals surface area contributed by atoms with E-state index in [9.17, 15) is 30.7 Å². The topological polar surface area (TPSA) is 0 Å². The lowest BCUT2D eigenvalue weighted by Gasteiger charge is -2.29. The van der Waals surface area contributed by atoms with Crippen molar-refractivity contribution in [1.29, 1.82) is 0 Å². The summed E-state index contributed by atoms with van der Waals surface area (Å²) >= 11 is 0. The van der Waals surface area contributed by atoms with E-state index in [4.69, 9.17) is 0 Å². The molecule has 0 aromatic carbocycles. The third-order valence-electron chi connectivity index (χ3n) is 1.73. The minimum Gasteiger partial charge on any atom is -0.235 e. The molecule has 0 N–H and O–H groups in total. The maximum Gasteiger partial charge on any atom is 0.429 e. The molecule has 1 aliphatic rings. The standard InChI is InChI=1S/C7H3F7/c8-3-1-2-6(11,7(12,13)14)5(10)4(3)9/h1-2,5H. The van der Waals surface area contributed by atoms with E-state index in [0.717, 1.165) is 0 Å². The minimum absolute atomic E-state index is 0.0844. The highest BCUT2D eigenvalue weighted by molar-refractivity contribution is 5.32. The summed E-state index contributed by atoms with van der Waals surface area (Å²) in [5.74, 6) is -4.22. The summed E-state index contributed by atoms with van der Waals surface area (Å²) in [6, 6.07) is 0. The zero-order chi connectivity index (χ0) is 11.1. The van der Waals surface area contributed by atoms with Crippen LogP contribution in [0.5, 0.6) is 0 Å². The molecule has 1 aliphatic carbocycles. The Labute approximate surface area is 73.7 Å². The summed E-state index contributed by atoms with van der Waals surface area (Å²) < 4.78 is 85.7. The van der Waals surface area contributed by atoms with Crippen molar-refractivity contribution in [3.8, 4) is 0 Å². The molecule has 0 saturated carbocycles. The Morgan fingerprint density at radius 3 is 2.14 bits per heavy atom. The van der Waals surface area contributed by atoms with Crippen LogP contribution in [0.2, 0.25) is 0 Å². The van der Waals surface area contributed by atoms with Gasteiger partial charge in [-0.05, 0) is 12.2 Å². The molecule has 14 heavy (non-hydrogen) atoms. The molecule has 0 amide bonds. The molecule has 0 spiro atoms. The largest absolute Gasteiger partial charge is 0.429 e. The van der Waals surface area contributed by atoms with Crippen molar-refractivity contribution >= 4 is 0 Å². The Bertz CT molecular complexity index is 300. The van der Waals surface area contributed by atoms with Crippen LogP contribution in [0.3, 0.4) is 0 Å². The van der Waals surface area contributed by atoms with Crippen molar-refractivity contribution in [2.75, 3.05) is 0 Å². The van der Waals surface area contributed by atoms with Gasteiger partial charge in [0.15, 0.2) is 11.7 Å². The third-order valence-corrected chi connectivity index (χ3v) is 1.73. The normalized spacial score (nSPS) is 33.8. The summed E-state index contributed by atoms with van der Waals surface area (Å²) in [4.78, 5) is 0. The molecule has 2 atom stereocenters. The van der Waals surface area contributed by atoms with E-state index in [2.05, 4.69) is 0 Å². The van der Waals surface area contributed by atoms with E-state index >= 15 is 0 Å². The molecule has 0 saturated heterocycles. The molecule has 0 bridgehead atoms. The summed E-state index contributed by atoms with van der Waals surface area (Å²) in [7, 11) is 0. The predicted octanol–water partition coefficient (Wildman–Crippen LogP) is 3.32. The van der Waals surface area contributed by atoms with Crippen molar-refractivity contribution in [3.63, 3.8) is 0 Å². The molecular weight excluding hydrogens is 217 g/mol. The molecule has 80 valence electrons. The first-order chi connectivity index (χ1) is 6.20. The van der Waals surface area contributed by atoms with Crippen LogP contribution in [0.4, 0.5) is 30.7 Å². The van der Waals surface area contributed by atoms with Gasteiger partial charge < -0.3 is 0 Å². The second-order valence-corrected chi connectivity index (χ2v) is 2.66. The van der Waals surface area contributed by atoms with E-state index in [1.807, 2.05) is 0 Å². The average molecular weight is 220 g/mol.